The van der Waals surface area contributed by atoms with Gasteiger partial charge < -0.3 is 19.9 Å². The van der Waals surface area contributed by atoms with Gasteiger partial charge in [0.2, 0.25) is 0 Å². The van der Waals surface area contributed by atoms with Crippen LogP contribution in [0.4, 0.5) is 9.18 Å². The van der Waals surface area contributed by atoms with Crippen molar-refractivity contribution in [3.63, 3.8) is 0 Å². The average Bonchev–Trinajstić information content (AvgIpc) is 2.42. The summed E-state index contributed by atoms with van der Waals surface area (Å²) in [5.41, 5.74) is -1.05. The summed E-state index contributed by atoms with van der Waals surface area (Å²) in [5.74, 6) is -2.05. The van der Waals surface area contributed by atoms with E-state index in [2.05, 4.69) is 5.32 Å². The van der Waals surface area contributed by atoms with E-state index in [0.717, 1.165) is 6.07 Å². The molecule has 1 aromatic carbocycles. The van der Waals surface area contributed by atoms with E-state index in [1.807, 2.05) is 13.8 Å². The third-order valence-corrected chi connectivity index (χ3v) is 3.76. The molecule has 1 amide bonds. The second-order valence-electron chi connectivity index (χ2n) is 7.82. The highest BCUT2D eigenvalue weighted by Crippen LogP contribution is 2.43. The van der Waals surface area contributed by atoms with E-state index >= 15 is 0 Å². The standard InChI is InChI=1S/C18H24FNO5/c1-17(2,3)25-16(23)20-9-10-8-18(4,5)24-14-12(10)6-11(19)7-13(14)15(21)22/h6-7,10H,8-9H2,1-5H3,(H,20,23)(H,21,22). The van der Waals surface area contributed by atoms with E-state index in [0.29, 0.717) is 12.0 Å². The molecule has 1 unspecified atom stereocenters. The zero-order chi connectivity index (χ0) is 19.0. The molecule has 25 heavy (non-hydrogen) atoms. The van der Waals surface area contributed by atoms with Gasteiger partial charge in [0.1, 0.15) is 28.3 Å². The number of nitrogens with one attached hydrogen (secondary N) is 1. The Kier molecular flexibility index (Phi) is 4.97. The van der Waals surface area contributed by atoms with Crippen molar-refractivity contribution in [2.75, 3.05) is 6.54 Å². The Balaban J connectivity index is 2.29. The van der Waals surface area contributed by atoms with Crippen molar-refractivity contribution in [2.45, 2.75) is 58.2 Å². The highest BCUT2D eigenvalue weighted by atomic mass is 19.1. The van der Waals surface area contributed by atoms with Gasteiger partial charge in [0.25, 0.3) is 0 Å². The van der Waals surface area contributed by atoms with Crippen LogP contribution >= 0.6 is 0 Å². The molecule has 1 aliphatic rings. The number of carbonyl (C=O) groups is 2. The van der Waals surface area contributed by atoms with Crippen LogP contribution in [0.1, 0.15) is 62.9 Å². The number of halogens is 1. The Morgan fingerprint density at radius 3 is 2.60 bits per heavy atom. The number of fused-ring (bicyclic) bond motifs is 1. The Hall–Kier alpha value is -2.31. The molecule has 0 fully saturated rings. The lowest BCUT2D eigenvalue weighted by atomic mass is 9.83. The monoisotopic (exact) mass is 353 g/mol. The zero-order valence-electron chi connectivity index (χ0n) is 15.1. The molecule has 0 spiro atoms. The SMILES string of the molecule is CC(C)(C)OC(=O)NCC1CC(C)(C)Oc2c(C(=O)O)cc(F)cc21. The van der Waals surface area contributed by atoms with E-state index in [1.165, 1.54) is 6.07 Å². The number of carboxylic acid groups (broad SMARTS) is 1. The van der Waals surface area contributed by atoms with Crippen LogP contribution in [0.15, 0.2) is 12.1 Å². The van der Waals surface area contributed by atoms with Crippen molar-refractivity contribution in [3.8, 4) is 5.75 Å². The van der Waals surface area contributed by atoms with Crippen molar-refractivity contribution in [3.05, 3.63) is 29.1 Å². The maximum Gasteiger partial charge on any atom is 0.407 e. The summed E-state index contributed by atoms with van der Waals surface area (Å²) in [6.07, 6.45) is -0.0774. The molecule has 0 bridgehead atoms. The molecule has 1 heterocycles. The summed E-state index contributed by atoms with van der Waals surface area (Å²) in [6.45, 7) is 9.11. The first-order valence-electron chi connectivity index (χ1n) is 8.10. The van der Waals surface area contributed by atoms with Gasteiger partial charge in [0.15, 0.2) is 0 Å². The van der Waals surface area contributed by atoms with Gasteiger partial charge in [-0.15, -0.1) is 0 Å². The topological polar surface area (TPSA) is 84.9 Å². The highest BCUT2D eigenvalue weighted by Gasteiger charge is 2.37. The molecular formula is C18H24FNO5. The number of benzene rings is 1. The van der Waals surface area contributed by atoms with E-state index < -0.39 is 29.1 Å². The number of carboxylic acids is 1. The van der Waals surface area contributed by atoms with Gasteiger partial charge in [-0.1, -0.05) is 0 Å². The minimum absolute atomic E-state index is 0.154. The lowest BCUT2D eigenvalue weighted by Gasteiger charge is -2.38. The fourth-order valence-electron chi connectivity index (χ4n) is 2.91. The number of hydrogen-bond donors (Lipinski definition) is 2. The second kappa shape index (κ2) is 6.54. The Bertz CT molecular complexity index is 693. The van der Waals surface area contributed by atoms with Gasteiger partial charge in [-0.3, -0.25) is 0 Å². The lowest BCUT2D eigenvalue weighted by Crippen LogP contribution is -2.41. The fraction of sp³-hybridized carbons (Fsp3) is 0.556. The first kappa shape index (κ1) is 19.0. The molecule has 1 atom stereocenters. The molecule has 2 N–H and O–H groups in total. The van der Waals surface area contributed by atoms with Gasteiger partial charge in [0.05, 0.1) is 0 Å². The van der Waals surface area contributed by atoms with Crippen LogP contribution in [0.25, 0.3) is 0 Å². The van der Waals surface area contributed by atoms with Crippen molar-refractivity contribution in [1.82, 2.24) is 5.32 Å². The number of carbonyl (C=O) groups excluding carboxylic acids is 1. The van der Waals surface area contributed by atoms with Gasteiger partial charge in [0, 0.05) is 18.0 Å². The summed E-state index contributed by atoms with van der Waals surface area (Å²) < 4.78 is 24.9. The van der Waals surface area contributed by atoms with Gasteiger partial charge in [-0.25, -0.2) is 14.0 Å². The van der Waals surface area contributed by atoms with Crippen LogP contribution in [-0.4, -0.2) is 34.9 Å². The summed E-state index contributed by atoms with van der Waals surface area (Å²) in [4.78, 5) is 23.3. The number of hydrogen-bond acceptors (Lipinski definition) is 4. The lowest BCUT2D eigenvalue weighted by molar-refractivity contribution is 0.0472. The van der Waals surface area contributed by atoms with Gasteiger partial charge >= 0.3 is 12.1 Å². The van der Waals surface area contributed by atoms with Crippen LogP contribution in [0, 0.1) is 5.82 Å². The minimum Gasteiger partial charge on any atom is -0.487 e. The average molecular weight is 353 g/mol. The minimum atomic E-state index is -1.26. The quantitative estimate of drug-likeness (QED) is 0.866. The van der Waals surface area contributed by atoms with Crippen LogP contribution in [0.5, 0.6) is 5.75 Å². The maximum atomic E-state index is 13.9. The third kappa shape index (κ3) is 4.84. The largest absolute Gasteiger partial charge is 0.487 e. The molecule has 0 aliphatic carbocycles. The van der Waals surface area contributed by atoms with E-state index in [1.54, 1.807) is 20.8 Å². The van der Waals surface area contributed by atoms with Crippen molar-refractivity contribution >= 4 is 12.1 Å². The predicted molar refractivity (Wildman–Crippen MR) is 89.7 cm³/mol. The molecule has 7 heteroatoms. The first-order valence-corrected chi connectivity index (χ1v) is 8.10. The van der Waals surface area contributed by atoms with Gasteiger partial charge in [-0.05, 0) is 53.2 Å². The number of alkyl carbamates (subject to hydrolysis) is 1. The molecule has 2 rings (SSSR count). The van der Waals surface area contributed by atoms with E-state index in [4.69, 9.17) is 9.47 Å². The van der Waals surface area contributed by atoms with Crippen molar-refractivity contribution in [1.29, 1.82) is 0 Å². The molecule has 1 aromatic rings. The molecule has 138 valence electrons. The molecule has 0 saturated carbocycles. The normalized spacial score (nSPS) is 18.7. The molecule has 6 nitrogen and oxygen atoms in total. The third-order valence-electron chi connectivity index (χ3n) is 3.76. The Labute approximate surface area is 146 Å². The molecule has 1 aliphatic heterocycles. The zero-order valence-corrected chi connectivity index (χ0v) is 15.1. The number of aromatic carboxylic acids is 1. The van der Waals surface area contributed by atoms with Crippen LogP contribution < -0.4 is 10.1 Å². The smallest absolute Gasteiger partial charge is 0.407 e. The molecular weight excluding hydrogens is 329 g/mol. The highest BCUT2D eigenvalue weighted by molar-refractivity contribution is 5.91. The van der Waals surface area contributed by atoms with Crippen molar-refractivity contribution < 1.29 is 28.6 Å². The molecule has 0 radical (unpaired) electrons. The Morgan fingerprint density at radius 2 is 2.04 bits per heavy atom. The summed E-state index contributed by atoms with van der Waals surface area (Å²) >= 11 is 0. The van der Waals surface area contributed by atoms with Crippen LogP contribution in [0.2, 0.25) is 0 Å². The number of ether oxygens (including phenoxy) is 2. The van der Waals surface area contributed by atoms with E-state index in [-0.39, 0.29) is 23.8 Å². The second-order valence-corrected chi connectivity index (χ2v) is 7.82. The van der Waals surface area contributed by atoms with Crippen molar-refractivity contribution in [2.24, 2.45) is 0 Å². The van der Waals surface area contributed by atoms with Gasteiger partial charge in [-0.2, -0.15) is 0 Å². The first-order chi connectivity index (χ1) is 11.4. The van der Waals surface area contributed by atoms with Crippen LogP contribution in [-0.2, 0) is 4.74 Å². The summed E-state index contributed by atoms with van der Waals surface area (Å²) in [6, 6.07) is 2.21. The molecule has 0 saturated heterocycles. The van der Waals surface area contributed by atoms with Crippen LogP contribution in [0.3, 0.4) is 0 Å². The summed E-state index contributed by atoms with van der Waals surface area (Å²) in [7, 11) is 0. The van der Waals surface area contributed by atoms with E-state index in [9.17, 15) is 19.1 Å². The fourth-order valence-corrected chi connectivity index (χ4v) is 2.91. The number of rotatable bonds is 3. The number of amides is 1. The Morgan fingerprint density at radius 1 is 1.40 bits per heavy atom. The molecule has 0 aromatic heterocycles. The summed E-state index contributed by atoms with van der Waals surface area (Å²) in [5, 5.41) is 12.0. The maximum absolute atomic E-state index is 13.9. The predicted octanol–water partition coefficient (Wildman–Crippen LogP) is 3.69.